The molecule has 4 N–H and O–H groups in total. The van der Waals surface area contributed by atoms with E-state index in [1.165, 1.54) is 6.07 Å². The third kappa shape index (κ3) is 3.98. The first-order valence-electron chi connectivity index (χ1n) is 9.44. The number of nitrogens with zero attached hydrogens (tertiary/aromatic N) is 4. The third-order valence-electron chi connectivity index (χ3n) is 5.18. The van der Waals surface area contributed by atoms with Gasteiger partial charge >= 0.3 is 6.18 Å². The first-order valence-corrected chi connectivity index (χ1v) is 9.44. The summed E-state index contributed by atoms with van der Waals surface area (Å²) in [5, 5.41) is 22.1. The first-order chi connectivity index (χ1) is 14.5. The number of aromatic nitrogens is 3. The lowest BCUT2D eigenvalue weighted by Gasteiger charge is -2.45. The van der Waals surface area contributed by atoms with Crippen LogP contribution in [-0.4, -0.2) is 39.0 Å². The highest BCUT2D eigenvalue weighted by molar-refractivity contribution is 5.94. The Balaban J connectivity index is 1.69. The summed E-state index contributed by atoms with van der Waals surface area (Å²) in [4.78, 5) is 6.26. The summed E-state index contributed by atoms with van der Waals surface area (Å²) >= 11 is 0. The van der Waals surface area contributed by atoms with Gasteiger partial charge in [0.25, 0.3) is 0 Å². The Bertz CT molecular complexity index is 1140. The minimum Gasteiger partial charge on any atom is -0.386 e. The number of aliphatic hydroxyl groups is 1. The van der Waals surface area contributed by atoms with Crippen molar-refractivity contribution in [1.29, 1.82) is 0 Å². The highest BCUT2D eigenvalue weighted by atomic mass is 19.4. The van der Waals surface area contributed by atoms with Crippen LogP contribution in [0.15, 0.2) is 30.5 Å². The maximum atomic E-state index is 14.5. The molecule has 164 valence electrons. The number of rotatable bonds is 4. The monoisotopic (exact) mass is 436 g/mol. The molecule has 1 aliphatic rings. The molecule has 0 bridgehead atoms. The smallest absolute Gasteiger partial charge is 0.386 e. The molecule has 1 aliphatic heterocycles. The summed E-state index contributed by atoms with van der Waals surface area (Å²) in [6.45, 7) is 4.26. The van der Waals surface area contributed by atoms with Crippen LogP contribution in [0.1, 0.15) is 29.9 Å². The van der Waals surface area contributed by atoms with Gasteiger partial charge in [-0.1, -0.05) is 12.1 Å². The van der Waals surface area contributed by atoms with Crippen LogP contribution in [0.25, 0.3) is 10.8 Å². The Morgan fingerprint density at radius 3 is 2.58 bits per heavy atom. The van der Waals surface area contributed by atoms with Crippen molar-refractivity contribution in [2.24, 2.45) is 5.73 Å². The molecule has 2 aromatic heterocycles. The maximum Gasteiger partial charge on any atom is 0.419 e. The van der Waals surface area contributed by atoms with Crippen LogP contribution in [0.2, 0.25) is 0 Å². The highest BCUT2D eigenvalue weighted by Crippen LogP contribution is 2.35. The largest absolute Gasteiger partial charge is 0.419 e. The molecule has 3 heterocycles. The van der Waals surface area contributed by atoms with Crippen LogP contribution < -0.4 is 16.0 Å². The maximum absolute atomic E-state index is 14.5. The molecule has 1 aromatic carbocycles. The number of halogens is 4. The number of anilines is 2. The highest BCUT2D eigenvalue weighted by Gasteiger charge is 2.37. The lowest BCUT2D eigenvalue weighted by Crippen LogP contribution is -2.60. The molecule has 0 amide bonds. The van der Waals surface area contributed by atoms with Gasteiger partial charge in [0.05, 0.1) is 16.9 Å². The van der Waals surface area contributed by atoms with Gasteiger partial charge in [-0.25, -0.2) is 9.37 Å². The number of aryl methyl sites for hydroxylation is 1. The van der Waals surface area contributed by atoms with E-state index in [9.17, 15) is 22.7 Å². The van der Waals surface area contributed by atoms with Crippen molar-refractivity contribution in [3.63, 3.8) is 0 Å². The van der Waals surface area contributed by atoms with E-state index in [4.69, 9.17) is 5.73 Å². The normalized spacial score (nSPS) is 16.8. The van der Waals surface area contributed by atoms with E-state index in [0.717, 1.165) is 6.07 Å². The second-order valence-corrected chi connectivity index (χ2v) is 7.90. The predicted octanol–water partition coefficient (Wildman–Crippen LogP) is 3.13. The third-order valence-corrected chi connectivity index (χ3v) is 5.18. The van der Waals surface area contributed by atoms with Gasteiger partial charge < -0.3 is 21.1 Å². The lowest BCUT2D eigenvalue weighted by atomic mass is 9.97. The van der Waals surface area contributed by atoms with Gasteiger partial charge in [0.1, 0.15) is 17.8 Å². The van der Waals surface area contributed by atoms with Crippen molar-refractivity contribution in [3.05, 3.63) is 53.1 Å². The molecule has 0 aliphatic carbocycles. The zero-order chi connectivity index (χ0) is 22.6. The second kappa shape index (κ2) is 7.27. The number of benzene rings is 1. The minimum absolute atomic E-state index is 0.181. The summed E-state index contributed by atoms with van der Waals surface area (Å²) in [6.07, 6.45) is -4.54. The second-order valence-electron chi connectivity index (χ2n) is 7.90. The number of hydrogen-bond donors (Lipinski definition) is 3. The van der Waals surface area contributed by atoms with E-state index in [-0.39, 0.29) is 11.4 Å². The molecule has 1 atom stereocenters. The van der Waals surface area contributed by atoms with Gasteiger partial charge in [0.15, 0.2) is 5.82 Å². The lowest BCUT2D eigenvalue weighted by molar-refractivity contribution is -0.140. The van der Waals surface area contributed by atoms with Gasteiger partial charge in [-0.15, -0.1) is 5.10 Å². The van der Waals surface area contributed by atoms with Gasteiger partial charge in [-0.2, -0.15) is 18.3 Å². The molecule has 7 nitrogen and oxygen atoms in total. The van der Waals surface area contributed by atoms with Crippen LogP contribution in [-0.2, 0) is 6.18 Å². The van der Waals surface area contributed by atoms with E-state index in [2.05, 4.69) is 20.5 Å². The Kier molecular flexibility index (Phi) is 4.97. The molecular weight excluding hydrogens is 416 g/mol. The average molecular weight is 436 g/mol. The van der Waals surface area contributed by atoms with Crippen LogP contribution in [0.5, 0.6) is 0 Å². The number of nitrogens with one attached hydrogen (secondary N) is 1. The fourth-order valence-electron chi connectivity index (χ4n) is 3.61. The van der Waals surface area contributed by atoms with Gasteiger partial charge in [0, 0.05) is 35.6 Å². The molecule has 0 unspecified atom stereocenters. The topological polar surface area (TPSA) is 100 Å². The Labute approximate surface area is 174 Å². The Morgan fingerprint density at radius 1 is 1.23 bits per heavy atom. The van der Waals surface area contributed by atoms with Crippen molar-refractivity contribution < 1.29 is 22.7 Å². The van der Waals surface area contributed by atoms with E-state index in [1.807, 2.05) is 4.90 Å². The van der Waals surface area contributed by atoms with Crippen molar-refractivity contribution in [2.75, 3.05) is 23.3 Å². The van der Waals surface area contributed by atoms with Crippen molar-refractivity contribution in [1.82, 2.24) is 15.2 Å². The summed E-state index contributed by atoms with van der Waals surface area (Å²) < 4.78 is 53.6. The van der Waals surface area contributed by atoms with Gasteiger partial charge in [0.2, 0.25) is 0 Å². The SMILES string of the molecule is Cc1nnc(N[C@H](N)c2cccc(C(F)(F)F)c2F)c2cc(N3CC(C)(O)C3)ncc12. The molecule has 4 rings (SSSR count). The number of β-amino-alcohol motifs (C(OH)–C–C–N with tert-alkyl or cyclic N) is 1. The van der Waals surface area contributed by atoms with Crippen LogP contribution in [0.4, 0.5) is 29.2 Å². The van der Waals surface area contributed by atoms with Crippen molar-refractivity contribution in [2.45, 2.75) is 31.8 Å². The molecule has 31 heavy (non-hydrogen) atoms. The summed E-state index contributed by atoms with van der Waals surface area (Å²) in [5.41, 5.74) is 4.05. The van der Waals surface area contributed by atoms with Crippen molar-refractivity contribution in [3.8, 4) is 0 Å². The summed E-state index contributed by atoms with van der Waals surface area (Å²) in [6, 6.07) is 4.66. The van der Waals surface area contributed by atoms with E-state index >= 15 is 0 Å². The molecular formula is C20H20F4N6O. The predicted molar refractivity (Wildman–Crippen MR) is 107 cm³/mol. The number of nitrogens with two attached hydrogens (primary N) is 1. The Morgan fingerprint density at radius 2 is 1.94 bits per heavy atom. The fourth-order valence-corrected chi connectivity index (χ4v) is 3.61. The molecule has 11 heteroatoms. The van der Waals surface area contributed by atoms with Crippen LogP contribution in [0.3, 0.4) is 0 Å². The zero-order valence-corrected chi connectivity index (χ0v) is 16.7. The fraction of sp³-hybridized carbons (Fsp3) is 0.350. The quantitative estimate of drug-likeness (QED) is 0.427. The number of alkyl halides is 3. The van der Waals surface area contributed by atoms with Gasteiger partial charge in [-0.05, 0) is 26.0 Å². The number of pyridine rings is 1. The molecule has 0 radical (unpaired) electrons. The zero-order valence-electron chi connectivity index (χ0n) is 16.7. The number of fused-ring (bicyclic) bond motifs is 1. The Hall–Kier alpha value is -3.05. The molecule has 1 fully saturated rings. The first kappa shape index (κ1) is 21.2. The molecule has 0 spiro atoms. The molecule has 1 saturated heterocycles. The van der Waals surface area contributed by atoms with Crippen molar-refractivity contribution >= 4 is 22.4 Å². The van der Waals surface area contributed by atoms with Crippen LogP contribution >= 0.6 is 0 Å². The average Bonchev–Trinajstić information content (AvgIpc) is 2.67. The van der Waals surface area contributed by atoms with Gasteiger partial charge in [-0.3, -0.25) is 0 Å². The van der Waals surface area contributed by atoms with E-state index in [0.29, 0.717) is 41.4 Å². The summed E-state index contributed by atoms with van der Waals surface area (Å²) in [5.74, 6) is -0.668. The van der Waals surface area contributed by atoms with Crippen LogP contribution in [0, 0.1) is 12.7 Å². The molecule has 3 aromatic rings. The molecule has 0 saturated carbocycles. The van der Waals surface area contributed by atoms with E-state index < -0.39 is 29.3 Å². The minimum atomic E-state index is -4.84. The number of hydrogen-bond acceptors (Lipinski definition) is 7. The summed E-state index contributed by atoms with van der Waals surface area (Å²) in [7, 11) is 0. The van der Waals surface area contributed by atoms with E-state index in [1.54, 1.807) is 26.1 Å². The standard InChI is InChI=1S/C20H20F4N6O/c1-10-13-7-26-15(30-8-19(2,31)9-30)6-12(13)18(29-28-10)27-17(25)11-4-3-5-14(16(11)21)20(22,23)24/h3-7,17,31H,8-9,25H2,1-2H3,(H,27,29)/t17-/m0/s1.